The van der Waals surface area contributed by atoms with E-state index in [1.807, 2.05) is 48.6 Å². The van der Waals surface area contributed by atoms with E-state index in [2.05, 4.69) is 43.0 Å². The molecule has 0 unspecified atom stereocenters. The molecule has 0 atom stereocenters. The maximum absolute atomic E-state index is 14.1. The quantitative estimate of drug-likeness (QED) is 0.397. The third-order valence-corrected chi connectivity index (χ3v) is 8.29. The number of rotatable bonds is 5. The van der Waals surface area contributed by atoms with E-state index < -0.39 is 5.60 Å². The van der Waals surface area contributed by atoms with Gasteiger partial charge in [-0.25, -0.2) is 9.48 Å². The highest BCUT2D eigenvalue weighted by molar-refractivity contribution is 5.95. The van der Waals surface area contributed by atoms with Crippen LogP contribution in [0.2, 0.25) is 0 Å². The Morgan fingerprint density at radius 3 is 2.21 bits per heavy atom. The fraction of sp³-hybridized carbons (Fsp3) is 0.485. The molecular weight excluding hydrogens is 530 g/mol. The molecule has 0 bridgehead atoms. The Hall–Kier alpha value is -4.01. The zero-order valence-corrected chi connectivity index (χ0v) is 25.7. The van der Waals surface area contributed by atoms with Gasteiger partial charge < -0.3 is 24.2 Å². The first kappa shape index (κ1) is 29.5. The summed E-state index contributed by atoms with van der Waals surface area (Å²) < 4.78 is 13.0. The molecule has 2 amide bonds. The standard InChI is InChI=1S/C33H43N5O4/c1-23-10-11-27(20-24(23)2)38-30(25-12-14-37(15-13-25)32(40)42-33(3,4)5)29(22-34-38)31(39)36-18-16-35(17-19-36)26-8-7-9-28(21-26)41-6/h7-11,20-22,25H,12-19H2,1-6H3. The lowest BCUT2D eigenvalue weighted by atomic mass is 9.90. The Balaban J connectivity index is 1.37. The number of anilines is 1. The molecule has 0 radical (unpaired) electrons. The largest absolute Gasteiger partial charge is 0.497 e. The van der Waals surface area contributed by atoms with E-state index in [1.165, 1.54) is 11.1 Å². The van der Waals surface area contributed by atoms with Crippen LogP contribution in [0.1, 0.15) is 66.7 Å². The number of carbonyl (C=O) groups excluding carboxylic acids is 2. The molecule has 9 heteroatoms. The van der Waals surface area contributed by atoms with E-state index in [1.54, 1.807) is 18.2 Å². The van der Waals surface area contributed by atoms with Gasteiger partial charge in [0.15, 0.2) is 0 Å². The molecule has 2 fully saturated rings. The van der Waals surface area contributed by atoms with Gasteiger partial charge in [-0.1, -0.05) is 12.1 Å². The van der Waals surface area contributed by atoms with Crippen molar-refractivity contribution in [1.29, 1.82) is 0 Å². The predicted molar refractivity (Wildman–Crippen MR) is 164 cm³/mol. The maximum Gasteiger partial charge on any atom is 0.410 e. The molecule has 9 nitrogen and oxygen atoms in total. The number of hydrogen-bond acceptors (Lipinski definition) is 6. The normalized spacial score (nSPS) is 16.5. The number of piperidine rings is 1. The highest BCUT2D eigenvalue weighted by atomic mass is 16.6. The fourth-order valence-corrected chi connectivity index (χ4v) is 5.79. The van der Waals surface area contributed by atoms with Crippen LogP contribution in [-0.4, -0.2) is 83.6 Å². The number of carbonyl (C=O) groups is 2. The Morgan fingerprint density at radius 1 is 0.857 bits per heavy atom. The third kappa shape index (κ3) is 6.40. The molecule has 2 aromatic carbocycles. The van der Waals surface area contributed by atoms with Crippen LogP contribution < -0.4 is 9.64 Å². The molecule has 42 heavy (non-hydrogen) atoms. The van der Waals surface area contributed by atoms with Crippen LogP contribution in [0.25, 0.3) is 5.69 Å². The topological polar surface area (TPSA) is 80.1 Å². The highest BCUT2D eigenvalue weighted by Gasteiger charge is 2.34. The Labute approximate surface area is 249 Å². The van der Waals surface area contributed by atoms with Crippen molar-refractivity contribution >= 4 is 17.7 Å². The van der Waals surface area contributed by atoms with Crippen molar-refractivity contribution in [3.05, 3.63) is 71.0 Å². The van der Waals surface area contributed by atoms with Gasteiger partial charge in [-0.05, 0) is 82.9 Å². The average molecular weight is 574 g/mol. The Bertz CT molecular complexity index is 1430. The molecule has 5 rings (SSSR count). The first-order chi connectivity index (χ1) is 20.0. The van der Waals surface area contributed by atoms with Gasteiger partial charge in [-0.15, -0.1) is 0 Å². The van der Waals surface area contributed by atoms with Gasteiger partial charge >= 0.3 is 6.09 Å². The Kier molecular flexibility index (Phi) is 8.48. The molecule has 0 spiro atoms. The highest BCUT2D eigenvalue weighted by Crippen LogP contribution is 2.34. The third-order valence-electron chi connectivity index (χ3n) is 8.29. The second-order valence-corrected chi connectivity index (χ2v) is 12.3. The smallest absolute Gasteiger partial charge is 0.410 e. The van der Waals surface area contributed by atoms with Gasteiger partial charge in [-0.2, -0.15) is 5.10 Å². The summed E-state index contributed by atoms with van der Waals surface area (Å²) in [4.78, 5) is 32.8. The molecule has 3 aromatic rings. The van der Waals surface area contributed by atoms with Gasteiger partial charge in [0.2, 0.25) is 0 Å². The summed E-state index contributed by atoms with van der Waals surface area (Å²) in [6.45, 7) is 13.7. The van der Waals surface area contributed by atoms with E-state index in [0.717, 1.165) is 48.7 Å². The summed E-state index contributed by atoms with van der Waals surface area (Å²) in [5, 5.41) is 4.77. The lowest BCUT2D eigenvalue weighted by molar-refractivity contribution is 0.0203. The Morgan fingerprint density at radius 2 is 1.57 bits per heavy atom. The predicted octanol–water partition coefficient (Wildman–Crippen LogP) is 5.57. The number of ether oxygens (including phenoxy) is 2. The van der Waals surface area contributed by atoms with E-state index in [0.29, 0.717) is 31.7 Å². The van der Waals surface area contributed by atoms with Crippen molar-refractivity contribution in [2.24, 2.45) is 0 Å². The number of methoxy groups -OCH3 is 1. The molecule has 224 valence electrons. The summed E-state index contributed by atoms with van der Waals surface area (Å²) in [6, 6.07) is 14.3. The van der Waals surface area contributed by atoms with E-state index >= 15 is 0 Å². The van der Waals surface area contributed by atoms with E-state index in [4.69, 9.17) is 14.6 Å². The number of hydrogen-bond donors (Lipinski definition) is 0. The molecule has 3 heterocycles. The van der Waals surface area contributed by atoms with Crippen LogP contribution in [0.3, 0.4) is 0 Å². The molecule has 0 N–H and O–H groups in total. The van der Waals surface area contributed by atoms with Gasteiger partial charge in [0.25, 0.3) is 5.91 Å². The minimum Gasteiger partial charge on any atom is -0.497 e. The van der Waals surface area contributed by atoms with Crippen LogP contribution in [0, 0.1) is 13.8 Å². The maximum atomic E-state index is 14.1. The summed E-state index contributed by atoms with van der Waals surface area (Å²) in [5.74, 6) is 0.928. The number of benzene rings is 2. The van der Waals surface area contributed by atoms with Crippen molar-refractivity contribution in [3.63, 3.8) is 0 Å². The lowest BCUT2D eigenvalue weighted by Gasteiger charge is -2.37. The monoisotopic (exact) mass is 573 g/mol. The zero-order chi connectivity index (χ0) is 30.0. The summed E-state index contributed by atoms with van der Waals surface area (Å²) >= 11 is 0. The van der Waals surface area contributed by atoms with Crippen LogP contribution in [0.4, 0.5) is 10.5 Å². The molecule has 2 saturated heterocycles. The zero-order valence-electron chi connectivity index (χ0n) is 25.7. The first-order valence-electron chi connectivity index (χ1n) is 14.9. The van der Waals surface area contributed by atoms with E-state index in [-0.39, 0.29) is 17.9 Å². The van der Waals surface area contributed by atoms with Crippen LogP contribution in [0.15, 0.2) is 48.7 Å². The molecule has 0 saturated carbocycles. The molecule has 0 aliphatic carbocycles. The minimum atomic E-state index is -0.536. The van der Waals surface area contributed by atoms with Crippen molar-refractivity contribution in [3.8, 4) is 11.4 Å². The number of aromatic nitrogens is 2. The van der Waals surface area contributed by atoms with Gasteiger partial charge in [0.05, 0.1) is 30.3 Å². The number of amides is 2. The van der Waals surface area contributed by atoms with Crippen molar-refractivity contribution in [2.75, 3.05) is 51.3 Å². The van der Waals surface area contributed by atoms with Crippen molar-refractivity contribution < 1.29 is 19.1 Å². The second-order valence-electron chi connectivity index (χ2n) is 12.3. The van der Waals surface area contributed by atoms with Crippen molar-refractivity contribution in [2.45, 2.75) is 59.0 Å². The fourth-order valence-electron chi connectivity index (χ4n) is 5.79. The summed E-state index contributed by atoms with van der Waals surface area (Å²) in [7, 11) is 1.67. The second kappa shape index (κ2) is 12.1. The average Bonchev–Trinajstić information content (AvgIpc) is 3.43. The van der Waals surface area contributed by atoms with Gasteiger partial charge in [0.1, 0.15) is 11.4 Å². The van der Waals surface area contributed by atoms with Crippen LogP contribution in [0.5, 0.6) is 5.75 Å². The first-order valence-corrected chi connectivity index (χ1v) is 14.9. The van der Waals surface area contributed by atoms with Gasteiger partial charge in [0, 0.05) is 56.9 Å². The summed E-state index contributed by atoms with van der Waals surface area (Å²) in [6.07, 6.45) is 2.93. The SMILES string of the molecule is COc1cccc(N2CCN(C(=O)c3cnn(-c4ccc(C)c(C)c4)c3C3CCN(C(=O)OC(C)(C)C)CC3)CC2)c1. The lowest BCUT2D eigenvalue weighted by Crippen LogP contribution is -2.49. The van der Waals surface area contributed by atoms with Crippen LogP contribution in [-0.2, 0) is 4.74 Å². The number of piperazine rings is 1. The number of nitrogens with zero attached hydrogens (tertiary/aromatic N) is 5. The molecule has 1 aromatic heterocycles. The number of aryl methyl sites for hydroxylation is 2. The van der Waals surface area contributed by atoms with Crippen LogP contribution >= 0.6 is 0 Å². The van der Waals surface area contributed by atoms with Crippen molar-refractivity contribution in [1.82, 2.24) is 19.6 Å². The molecule has 2 aliphatic heterocycles. The molecular formula is C33H43N5O4. The van der Waals surface area contributed by atoms with E-state index in [9.17, 15) is 9.59 Å². The molecule has 2 aliphatic rings. The summed E-state index contributed by atoms with van der Waals surface area (Å²) in [5.41, 5.74) is 5.48. The minimum absolute atomic E-state index is 0.0138. The number of likely N-dealkylation sites (tertiary alicyclic amines) is 1. The van der Waals surface area contributed by atoms with Gasteiger partial charge in [-0.3, -0.25) is 4.79 Å².